The van der Waals surface area contributed by atoms with Crippen molar-refractivity contribution in [2.75, 3.05) is 39.8 Å². The van der Waals surface area contributed by atoms with Gasteiger partial charge >= 0.3 is 0 Å². The summed E-state index contributed by atoms with van der Waals surface area (Å²) in [4.78, 5) is 17.6. The second-order valence-electron chi connectivity index (χ2n) is 9.14. The molecule has 5 rings (SSSR count). The van der Waals surface area contributed by atoms with Gasteiger partial charge in [-0.2, -0.15) is 0 Å². The fourth-order valence-corrected chi connectivity index (χ4v) is 6.03. The molecule has 4 aliphatic heterocycles. The fourth-order valence-electron chi connectivity index (χ4n) is 6.03. The Labute approximate surface area is 161 Å². The highest BCUT2D eigenvalue weighted by molar-refractivity contribution is 5.92. The minimum absolute atomic E-state index is 0.0456. The molecule has 0 radical (unpaired) electrons. The number of nitrogens with one attached hydrogen (secondary N) is 1. The highest BCUT2D eigenvalue weighted by Gasteiger charge is 2.63. The van der Waals surface area contributed by atoms with Crippen molar-refractivity contribution in [1.29, 1.82) is 0 Å². The van der Waals surface area contributed by atoms with E-state index >= 15 is 0 Å². The molecule has 1 aromatic heterocycles. The summed E-state index contributed by atoms with van der Waals surface area (Å²) in [5.41, 5.74) is 0.937. The zero-order valence-corrected chi connectivity index (χ0v) is 16.4. The Hall–Kier alpha value is -1.37. The van der Waals surface area contributed by atoms with Crippen LogP contribution in [0.15, 0.2) is 16.7 Å². The zero-order chi connectivity index (χ0) is 18.6. The van der Waals surface area contributed by atoms with Crippen molar-refractivity contribution in [3.8, 4) is 0 Å². The molecular formula is C21H31N3O3. The van der Waals surface area contributed by atoms with Crippen molar-refractivity contribution in [2.45, 2.75) is 50.4 Å². The molecule has 148 valence electrons. The molecule has 1 spiro atoms. The van der Waals surface area contributed by atoms with E-state index in [4.69, 9.17) is 9.15 Å². The minimum Gasteiger partial charge on any atom is -0.459 e. The number of amides is 1. The van der Waals surface area contributed by atoms with Crippen LogP contribution in [0.4, 0.5) is 0 Å². The molecule has 1 aromatic rings. The number of piperidine rings is 1. The maximum atomic E-state index is 12.5. The van der Waals surface area contributed by atoms with Crippen molar-refractivity contribution in [3.63, 3.8) is 0 Å². The first kappa shape index (κ1) is 17.7. The number of fused-ring (bicyclic) bond motifs is 1. The molecule has 4 fully saturated rings. The summed E-state index contributed by atoms with van der Waals surface area (Å²) < 4.78 is 11.9. The van der Waals surface area contributed by atoms with Gasteiger partial charge in [0.05, 0.1) is 18.0 Å². The Balaban J connectivity index is 1.24. The van der Waals surface area contributed by atoms with E-state index < -0.39 is 0 Å². The quantitative estimate of drug-likeness (QED) is 0.874. The van der Waals surface area contributed by atoms with Crippen LogP contribution in [0.25, 0.3) is 0 Å². The number of furan rings is 1. The van der Waals surface area contributed by atoms with Crippen LogP contribution in [0.3, 0.4) is 0 Å². The van der Waals surface area contributed by atoms with E-state index in [2.05, 4.69) is 22.2 Å². The van der Waals surface area contributed by atoms with Crippen LogP contribution in [-0.4, -0.2) is 73.2 Å². The molecule has 4 saturated heterocycles. The lowest BCUT2D eigenvalue weighted by molar-refractivity contribution is -0.00416. The minimum atomic E-state index is -0.0977. The largest absolute Gasteiger partial charge is 0.459 e. The van der Waals surface area contributed by atoms with E-state index in [0.29, 0.717) is 36.3 Å². The molecule has 6 heteroatoms. The van der Waals surface area contributed by atoms with Crippen molar-refractivity contribution in [1.82, 2.24) is 15.1 Å². The van der Waals surface area contributed by atoms with Gasteiger partial charge in [-0.1, -0.05) is 0 Å². The lowest BCUT2D eigenvalue weighted by Gasteiger charge is -2.36. The smallest absolute Gasteiger partial charge is 0.287 e. The predicted octanol–water partition coefficient (Wildman–Crippen LogP) is 1.89. The molecule has 5 heterocycles. The molecule has 0 saturated carbocycles. The topological polar surface area (TPSA) is 58.0 Å². The molecule has 0 aliphatic carbocycles. The monoisotopic (exact) mass is 373 g/mol. The van der Waals surface area contributed by atoms with E-state index in [1.807, 2.05) is 13.0 Å². The van der Waals surface area contributed by atoms with Crippen molar-refractivity contribution in [3.05, 3.63) is 23.7 Å². The number of ether oxygens (including phenoxy) is 1. The third-order valence-electron chi connectivity index (χ3n) is 7.58. The Morgan fingerprint density at radius 1 is 1.33 bits per heavy atom. The fraction of sp³-hybridized carbons (Fsp3) is 0.762. The molecule has 6 nitrogen and oxygen atoms in total. The van der Waals surface area contributed by atoms with Gasteiger partial charge in [0, 0.05) is 43.1 Å². The summed E-state index contributed by atoms with van der Waals surface area (Å²) in [5, 5.41) is 3.12. The third-order valence-corrected chi connectivity index (χ3v) is 7.58. The SMILES string of the molecule is Cc1ccoc1C(=O)NC[C@H]1[C@H]2CN(C3CCN(C)CC3)C[C@]23CC[C@H]1O3. The van der Waals surface area contributed by atoms with Crippen molar-refractivity contribution < 1.29 is 13.9 Å². The molecule has 4 aliphatic rings. The van der Waals surface area contributed by atoms with E-state index in [1.165, 1.54) is 32.4 Å². The first-order chi connectivity index (χ1) is 13.1. The average molecular weight is 373 g/mol. The number of nitrogens with zero attached hydrogens (tertiary/aromatic N) is 2. The highest BCUT2D eigenvalue weighted by Crippen LogP contribution is 2.55. The molecule has 4 atom stereocenters. The Kier molecular flexibility index (Phi) is 4.33. The van der Waals surface area contributed by atoms with Gasteiger partial charge in [0.25, 0.3) is 5.91 Å². The lowest BCUT2D eigenvalue weighted by Crippen LogP contribution is -2.44. The maximum Gasteiger partial charge on any atom is 0.287 e. The Bertz CT molecular complexity index is 711. The highest BCUT2D eigenvalue weighted by atomic mass is 16.5. The van der Waals surface area contributed by atoms with Gasteiger partial charge in [-0.15, -0.1) is 0 Å². The van der Waals surface area contributed by atoms with Crippen LogP contribution in [-0.2, 0) is 4.74 Å². The number of hydrogen-bond acceptors (Lipinski definition) is 5. The van der Waals surface area contributed by atoms with Crippen molar-refractivity contribution in [2.24, 2.45) is 11.8 Å². The van der Waals surface area contributed by atoms with Gasteiger partial charge in [0.15, 0.2) is 5.76 Å². The first-order valence-electron chi connectivity index (χ1n) is 10.5. The maximum absolute atomic E-state index is 12.5. The second kappa shape index (κ2) is 6.61. The molecule has 2 bridgehead atoms. The first-order valence-corrected chi connectivity index (χ1v) is 10.5. The summed E-state index contributed by atoms with van der Waals surface area (Å²) in [6, 6.07) is 2.53. The predicted molar refractivity (Wildman–Crippen MR) is 102 cm³/mol. The summed E-state index contributed by atoms with van der Waals surface area (Å²) in [6.45, 7) is 7.21. The summed E-state index contributed by atoms with van der Waals surface area (Å²) in [5.74, 6) is 1.32. The second-order valence-corrected chi connectivity index (χ2v) is 9.14. The van der Waals surface area contributed by atoms with Crippen LogP contribution < -0.4 is 5.32 Å². The van der Waals surface area contributed by atoms with Crippen LogP contribution >= 0.6 is 0 Å². The Morgan fingerprint density at radius 3 is 2.89 bits per heavy atom. The van der Waals surface area contributed by atoms with Gasteiger partial charge < -0.3 is 19.4 Å². The summed E-state index contributed by atoms with van der Waals surface area (Å²) in [6.07, 6.45) is 6.75. The molecule has 27 heavy (non-hydrogen) atoms. The van der Waals surface area contributed by atoms with Crippen LogP contribution in [0, 0.1) is 18.8 Å². The Morgan fingerprint density at radius 2 is 2.15 bits per heavy atom. The van der Waals surface area contributed by atoms with E-state index in [-0.39, 0.29) is 11.5 Å². The lowest BCUT2D eigenvalue weighted by atomic mass is 9.73. The average Bonchev–Trinajstić information content (AvgIpc) is 3.40. The standard InChI is InChI=1S/C21H31N3O3/c1-14-6-10-26-19(14)20(25)22-11-16-17-12-24(15-4-8-23(2)9-5-15)13-21(17)7-3-18(16)27-21/h6,10,15-18H,3-5,7-9,11-13H2,1-2H3,(H,22,25)/t16-,17+,18+,21+/m0/s1. The number of hydrogen-bond donors (Lipinski definition) is 1. The van der Waals surface area contributed by atoms with Crippen LogP contribution in [0.5, 0.6) is 0 Å². The number of carbonyl (C=O) groups is 1. The molecule has 1 N–H and O–H groups in total. The van der Waals surface area contributed by atoms with E-state index in [1.54, 1.807) is 6.26 Å². The number of rotatable bonds is 4. The normalized spacial score (nSPS) is 37.0. The van der Waals surface area contributed by atoms with Gasteiger partial charge in [-0.05, 0) is 58.8 Å². The molecule has 0 unspecified atom stereocenters. The summed E-state index contributed by atoms with van der Waals surface area (Å²) >= 11 is 0. The number of aryl methyl sites for hydroxylation is 1. The van der Waals surface area contributed by atoms with Crippen LogP contribution in [0.1, 0.15) is 41.8 Å². The number of carbonyl (C=O) groups excluding carboxylic acids is 1. The van der Waals surface area contributed by atoms with Gasteiger partial charge in [0.1, 0.15) is 0 Å². The van der Waals surface area contributed by atoms with Gasteiger partial charge in [0.2, 0.25) is 0 Å². The number of likely N-dealkylation sites (tertiary alicyclic amines) is 2. The van der Waals surface area contributed by atoms with Gasteiger partial charge in [-0.25, -0.2) is 0 Å². The molecule has 1 amide bonds. The van der Waals surface area contributed by atoms with E-state index in [0.717, 1.165) is 25.1 Å². The third kappa shape index (κ3) is 2.93. The summed E-state index contributed by atoms with van der Waals surface area (Å²) in [7, 11) is 2.22. The van der Waals surface area contributed by atoms with E-state index in [9.17, 15) is 4.79 Å². The van der Waals surface area contributed by atoms with Crippen molar-refractivity contribution >= 4 is 5.91 Å². The molecule has 0 aromatic carbocycles. The molecular weight excluding hydrogens is 342 g/mol. The zero-order valence-electron chi connectivity index (χ0n) is 16.4. The van der Waals surface area contributed by atoms with Crippen LogP contribution in [0.2, 0.25) is 0 Å². The van der Waals surface area contributed by atoms with Gasteiger partial charge in [-0.3, -0.25) is 9.69 Å².